The molecule has 1 atom stereocenters. The van der Waals surface area contributed by atoms with Crippen molar-refractivity contribution in [3.05, 3.63) is 83.1 Å². The Morgan fingerprint density at radius 2 is 1.82 bits per heavy atom. The van der Waals surface area contributed by atoms with Gasteiger partial charge in [0.2, 0.25) is 0 Å². The van der Waals surface area contributed by atoms with Crippen LogP contribution < -0.4 is 26.2 Å². The first-order valence-corrected chi connectivity index (χ1v) is 22.0. The fourth-order valence-electron chi connectivity index (χ4n) is 8.63. The molecule has 7 N–H and O–H groups in total. The minimum Gasteiger partial charge on any atom is -0.392 e. The lowest BCUT2D eigenvalue weighted by atomic mass is 9.95. The zero-order valence-electron chi connectivity index (χ0n) is 36.8. The third-order valence-corrected chi connectivity index (χ3v) is 12.2. The number of benzene rings is 1. The Labute approximate surface area is 365 Å². The van der Waals surface area contributed by atoms with Crippen molar-refractivity contribution in [2.45, 2.75) is 102 Å². The number of H-pyrrole nitrogens is 1. The smallest absolute Gasteiger partial charge is 0.272 e. The van der Waals surface area contributed by atoms with Gasteiger partial charge >= 0.3 is 0 Å². The van der Waals surface area contributed by atoms with Crippen LogP contribution in [-0.2, 0) is 10.4 Å². The predicted molar refractivity (Wildman–Crippen MR) is 248 cm³/mol. The molecule has 3 aromatic heterocycles. The fourth-order valence-corrected chi connectivity index (χ4v) is 8.63. The Hall–Kier alpha value is -5.82. The summed E-state index contributed by atoms with van der Waals surface area (Å²) in [5, 5.41) is 45.3. The third kappa shape index (κ3) is 12.0. The summed E-state index contributed by atoms with van der Waals surface area (Å²) in [4.78, 5) is 37.1. The Kier molecular flexibility index (Phi) is 15.7. The van der Waals surface area contributed by atoms with Crippen molar-refractivity contribution in [2.24, 2.45) is 0 Å². The van der Waals surface area contributed by atoms with E-state index in [1.807, 2.05) is 42.2 Å². The Morgan fingerprint density at radius 1 is 1.08 bits per heavy atom. The van der Waals surface area contributed by atoms with Gasteiger partial charge in [0.15, 0.2) is 0 Å². The zero-order valence-corrected chi connectivity index (χ0v) is 36.8. The first-order valence-electron chi connectivity index (χ1n) is 22.0. The number of nitriles is 1. The number of anilines is 3. The van der Waals surface area contributed by atoms with Gasteiger partial charge < -0.3 is 46.5 Å². The maximum atomic E-state index is 12.9. The molecule has 5 heterocycles. The molecule has 3 fully saturated rings. The first-order chi connectivity index (χ1) is 29.9. The second kappa shape index (κ2) is 21.3. The number of nitrogens with one attached hydrogen (secondary N) is 6. The zero-order chi connectivity index (χ0) is 44.2. The number of hydrogen-bond donors (Lipinski definition) is 7. The van der Waals surface area contributed by atoms with Gasteiger partial charge in [-0.3, -0.25) is 14.4 Å². The van der Waals surface area contributed by atoms with Crippen molar-refractivity contribution >= 4 is 52.6 Å². The third-order valence-electron chi connectivity index (χ3n) is 12.2. The molecule has 0 spiro atoms. The van der Waals surface area contributed by atoms with E-state index in [9.17, 15) is 14.7 Å². The van der Waals surface area contributed by atoms with Gasteiger partial charge in [-0.15, -0.1) is 0 Å². The molecule has 2 saturated heterocycles. The SMILES string of the molecule is C=C(CCC(C=O)Nc1ccc(N2CCC(N3CCNCC3)CC2)c(C)n1)NC.CC(C)(O)c1cc2nn(C3CCCCC3)cc2cc1NC(=O)c1ccc(/C=C(/C#N)C=N)[nH]1. The lowest BCUT2D eigenvalue weighted by Crippen LogP contribution is -2.52. The van der Waals surface area contributed by atoms with Gasteiger partial charge in [-0.2, -0.15) is 10.4 Å². The summed E-state index contributed by atoms with van der Waals surface area (Å²) in [7, 11) is 1.85. The normalized spacial score (nSPS) is 17.4. The number of fused-ring (bicyclic) bond motifs is 1. The quantitative estimate of drug-likeness (QED) is 0.0383. The van der Waals surface area contributed by atoms with Crippen LogP contribution in [-0.4, -0.2) is 107 Å². The van der Waals surface area contributed by atoms with E-state index in [-0.39, 0.29) is 17.5 Å². The fraction of sp³-hybridized carbons (Fsp3) is 0.489. The van der Waals surface area contributed by atoms with Gasteiger partial charge in [0.05, 0.1) is 40.2 Å². The minimum atomic E-state index is -1.18. The number of hydrogen-bond acceptors (Lipinski definition) is 12. The molecule has 1 amide bonds. The molecule has 1 aliphatic carbocycles. The highest BCUT2D eigenvalue weighted by Crippen LogP contribution is 2.35. The Morgan fingerprint density at radius 3 is 2.47 bits per heavy atom. The van der Waals surface area contributed by atoms with Crippen LogP contribution in [0.25, 0.3) is 17.0 Å². The van der Waals surface area contributed by atoms with E-state index in [2.05, 4.69) is 55.6 Å². The maximum Gasteiger partial charge on any atom is 0.272 e. The van der Waals surface area contributed by atoms with Crippen molar-refractivity contribution in [3.63, 3.8) is 0 Å². The van der Waals surface area contributed by atoms with Crippen LogP contribution in [0.4, 0.5) is 17.2 Å². The number of pyridine rings is 1. The van der Waals surface area contributed by atoms with Crippen LogP contribution >= 0.6 is 0 Å². The standard InChI is InChI=1S/C25H28N6O2.C22H36N6O/c1-25(2,33)20-12-22-17(15-31(30-22)19-6-4-3-5-7-19)11-23(20)29-24(32)21-9-8-18(28-21)10-16(13-26)14-27;1-17(23-3)4-5-19(16-29)26-22-7-6-21(18(2)25-22)28-12-8-20(9-13-28)27-14-10-24-11-15-27/h8-13,15,19,26,28,33H,3-7H2,1-2H3,(H,29,32);6-7,16,19-20,23-24H,1,4-5,8-15H2,2-3H3,(H,25,26)/b16-10+,26-13?;. The van der Waals surface area contributed by atoms with Crippen LogP contribution in [0.2, 0.25) is 0 Å². The largest absolute Gasteiger partial charge is 0.392 e. The highest BCUT2D eigenvalue weighted by molar-refractivity contribution is 6.05. The van der Waals surface area contributed by atoms with Crippen molar-refractivity contribution in [3.8, 4) is 6.07 Å². The number of allylic oxidation sites excluding steroid dienone is 2. The molecule has 2 aliphatic heterocycles. The molecule has 0 bridgehead atoms. The summed E-state index contributed by atoms with van der Waals surface area (Å²) in [5.74, 6) is 0.390. The van der Waals surface area contributed by atoms with Crippen molar-refractivity contribution in [1.82, 2.24) is 35.3 Å². The van der Waals surface area contributed by atoms with Crippen LogP contribution in [0.1, 0.15) is 105 Å². The molecule has 1 saturated carbocycles. The average molecular weight is 845 g/mol. The number of aromatic nitrogens is 4. The monoisotopic (exact) mass is 845 g/mol. The highest BCUT2D eigenvalue weighted by Gasteiger charge is 2.27. The number of rotatable bonds is 15. The van der Waals surface area contributed by atoms with Crippen LogP contribution in [0.3, 0.4) is 0 Å². The molecule has 0 radical (unpaired) electrons. The molecule has 1 unspecified atom stereocenters. The van der Waals surface area contributed by atoms with Gasteiger partial charge in [-0.25, -0.2) is 4.98 Å². The second-order valence-electron chi connectivity index (χ2n) is 17.1. The summed E-state index contributed by atoms with van der Waals surface area (Å²) < 4.78 is 2.03. The number of aryl methyl sites for hydroxylation is 1. The molecular formula is C47H64N12O3. The molecule has 330 valence electrons. The number of aliphatic hydroxyl groups is 1. The predicted octanol–water partition coefficient (Wildman–Crippen LogP) is 6.66. The molecule has 15 heteroatoms. The van der Waals surface area contributed by atoms with Crippen LogP contribution in [0.15, 0.2) is 60.4 Å². The number of piperazine rings is 1. The van der Waals surface area contributed by atoms with Crippen LogP contribution in [0.5, 0.6) is 0 Å². The molecule has 15 nitrogen and oxygen atoms in total. The number of aldehydes is 1. The van der Waals surface area contributed by atoms with E-state index in [0.29, 0.717) is 41.1 Å². The summed E-state index contributed by atoms with van der Waals surface area (Å²) in [5.41, 5.74) is 4.90. The molecule has 1 aromatic carbocycles. The number of nitrogens with zero attached hydrogens (tertiary/aromatic N) is 6. The van der Waals surface area contributed by atoms with E-state index in [0.717, 1.165) is 86.1 Å². The van der Waals surface area contributed by atoms with Gasteiger partial charge in [0.25, 0.3) is 5.91 Å². The molecule has 4 aromatic rings. The topological polar surface area (TPSA) is 203 Å². The molecule has 3 aliphatic rings. The lowest BCUT2D eigenvalue weighted by molar-refractivity contribution is -0.108. The summed E-state index contributed by atoms with van der Waals surface area (Å²) in [6, 6.07) is 13.9. The number of carbonyl (C=O) groups excluding carboxylic acids is 2. The number of carbonyl (C=O) groups is 2. The highest BCUT2D eigenvalue weighted by atomic mass is 16.3. The molecule has 62 heavy (non-hydrogen) atoms. The first kappa shape index (κ1) is 45.7. The molecular weight excluding hydrogens is 781 g/mol. The lowest BCUT2D eigenvalue weighted by Gasteiger charge is -2.41. The van der Waals surface area contributed by atoms with Gasteiger partial charge in [-0.1, -0.05) is 25.8 Å². The Bertz CT molecular complexity index is 2240. The van der Waals surface area contributed by atoms with E-state index in [1.165, 1.54) is 57.0 Å². The average Bonchev–Trinajstić information content (AvgIpc) is 3.94. The summed E-state index contributed by atoms with van der Waals surface area (Å²) in [6.07, 6.45) is 15.2. The van der Waals surface area contributed by atoms with Crippen molar-refractivity contribution in [1.29, 1.82) is 10.7 Å². The Balaban J connectivity index is 0.000000209. The van der Waals surface area contributed by atoms with Crippen molar-refractivity contribution < 1.29 is 14.7 Å². The number of aromatic amines is 1. The minimum absolute atomic E-state index is 0.175. The van der Waals surface area contributed by atoms with Crippen molar-refractivity contribution in [2.75, 3.05) is 61.8 Å². The van der Waals surface area contributed by atoms with E-state index >= 15 is 0 Å². The van der Waals surface area contributed by atoms with Crippen LogP contribution in [0, 0.1) is 23.7 Å². The van der Waals surface area contributed by atoms with Gasteiger partial charge in [-0.05, 0) is 102 Å². The van der Waals surface area contributed by atoms with E-state index in [1.54, 1.807) is 26.0 Å². The second-order valence-corrected chi connectivity index (χ2v) is 17.1. The number of piperidine rings is 1. The van der Waals surface area contributed by atoms with E-state index < -0.39 is 5.60 Å². The number of amides is 1. The molecule has 7 rings (SSSR count). The maximum absolute atomic E-state index is 12.9. The van der Waals surface area contributed by atoms with E-state index in [4.69, 9.17) is 20.8 Å². The summed E-state index contributed by atoms with van der Waals surface area (Å²) >= 11 is 0. The van der Waals surface area contributed by atoms with Gasteiger partial charge in [0, 0.05) is 92.8 Å². The summed E-state index contributed by atoms with van der Waals surface area (Å²) in [6.45, 7) is 16.1. The van der Waals surface area contributed by atoms with Gasteiger partial charge in [0.1, 0.15) is 23.9 Å².